The summed E-state index contributed by atoms with van der Waals surface area (Å²) < 4.78 is 2.13. The first-order chi connectivity index (χ1) is 10.2. The van der Waals surface area contributed by atoms with E-state index in [2.05, 4.69) is 54.3 Å². The second-order valence-corrected chi connectivity index (χ2v) is 7.60. The summed E-state index contributed by atoms with van der Waals surface area (Å²) in [5, 5.41) is 3.15. The van der Waals surface area contributed by atoms with E-state index < -0.39 is 0 Å². The minimum absolute atomic E-state index is 0.599. The Morgan fingerprint density at radius 2 is 2.00 bits per heavy atom. The van der Waals surface area contributed by atoms with Crippen molar-refractivity contribution in [3.63, 3.8) is 0 Å². The van der Waals surface area contributed by atoms with Crippen molar-refractivity contribution in [3.05, 3.63) is 44.7 Å². The minimum atomic E-state index is 0.599. The van der Waals surface area contributed by atoms with Crippen LogP contribution in [0, 0.1) is 0 Å². The average molecular weight is 429 g/mol. The van der Waals surface area contributed by atoms with Crippen LogP contribution in [0.15, 0.2) is 38.1 Å². The number of benzene rings is 1. The molecule has 1 aliphatic carbocycles. The number of rotatable bonds is 5. The topological polar surface area (TPSA) is 37.8 Å². The highest BCUT2D eigenvalue weighted by Crippen LogP contribution is 2.44. The van der Waals surface area contributed by atoms with Crippen molar-refractivity contribution in [3.8, 4) is 0 Å². The highest BCUT2D eigenvalue weighted by molar-refractivity contribution is 9.11. The molecule has 1 aromatic heterocycles. The molecule has 1 N–H and O–H groups in total. The van der Waals surface area contributed by atoms with E-state index in [0.29, 0.717) is 5.92 Å². The highest BCUT2D eigenvalue weighted by atomic mass is 79.9. The molecule has 1 saturated carbocycles. The number of nitrogens with one attached hydrogen (secondary N) is 1. The molecule has 0 amide bonds. The quantitative estimate of drug-likeness (QED) is 0.663. The van der Waals surface area contributed by atoms with Crippen LogP contribution in [0.5, 0.6) is 0 Å². The van der Waals surface area contributed by atoms with Crippen molar-refractivity contribution in [1.29, 1.82) is 0 Å². The third-order valence-corrected chi connectivity index (χ3v) is 6.12. The summed E-state index contributed by atoms with van der Waals surface area (Å²) in [6.45, 7) is 0. The normalized spacial score (nSPS) is 14.2. The van der Waals surface area contributed by atoms with E-state index in [1.54, 1.807) is 11.8 Å². The Hall–Kier alpha value is -0.590. The zero-order valence-corrected chi connectivity index (χ0v) is 15.6. The summed E-state index contributed by atoms with van der Waals surface area (Å²) in [4.78, 5) is 10.6. The van der Waals surface area contributed by atoms with E-state index >= 15 is 0 Å². The van der Waals surface area contributed by atoms with Crippen LogP contribution in [0.1, 0.15) is 30.3 Å². The van der Waals surface area contributed by atoms with Gasteiger partial charge in [0.25, 0.3) is 0 Å². The van der Waals surface area contributed by atoms with Crippen LogP contribution in [-0.4, -0.2) is 17.0 Å². The maximum absolute atomic E-state index is 4.75. The molecule has 0 unspecified atom stereocenters. The fraction of sp³-hybridized carbons (Fsp3) is 0.333. The fourth-order valence-corrected chi connectivity index (χ4v) is 4.20. The van der Waals surface area contributed by atoms with Gasteiger partial charge in [-0.05, 0) is 56.8 Å². The zero-order valence-electron chi connectivity index (χ0n) is 11.6. The Balaban J connectivity index is 1.82. The monoisotopic (exact) mass is 427 g/mol. The van der Waals surface area contributed by atoms with Gasteiger partial charge in [-0.15, -0.1) is 11.8 Å². The molecule has 110 valence electrons. The Labute approximate surface area is 145 Å². The van der Waals surface area contributed by atoms with E-state index in [4.69, 9.17) is 4.98 Å². The lowest BCUT2D eigenvalue weighted by Gasteiger charge is -2.11. The van der Waals surface area contributed by atoms with Gasteiger partial charge in [0.1, 0.15) is 11.6 Å². The number of hydrogen-bond donors (Lipinski definition) is 1. The molecule has 0 bridgehead atoms. The van der Waals surface area contributed by atoms with Gasteiger partial charge >= 0.3 is 0 Å². The summed E-state index contributed by atoms with van der Waals surface area (Å²) in [5.74, 6) is 3.13. The zero-order chi connectivity index (χ0) is 14.8. The smallest absolute Gasteiger partial charge is 0.144 e. The van der Waals surface area contributed by atoms with Gasteiger partial charge in [0.05, 0.1) is 15.9 Å². The van der Waals surface area contributed by atoms with E-state index in [0.717, 1.165) is 32.0 Å². The van der Waals surface area contributed by atoms with Gasteiger partial charge in [-0.25, -0.2) is 9.97 Å². The molecule has 0 saturated heterocycles. The first kappa shape index (κ1) is 15.3. The molecular formula is C15H15Br2N3S. The van der Waals surface area contributed by atoms with Gasteiger partial charge in [0.15, 0.2) is 0 Å². The average Bonchev–Trinajstić information content (AvgIpc) is 3.32. The first-order valence-corrected chi connectivity index (χ1v) is 9.37. The molecular weight excluding hydrogens is 414 g/mol. The second kappa shape index (κ2) is 6.67. The van der Waals surface area contributed by atoms with Crippen LogP contribution < -0.4 is 5.32 Å². The molecule has 21 heavy (non-hydrogen) atoms. The third-order valence-electron chi connectivity index (χ3n) is 3.32. The predicted octanol–water partition coefficient (Wildman–Crippen LogP) is 5.21. The maximum Gasteiger partial charge on any atom is 0.144 e. The molecule has 0 aliphatic heterocycles. The van der Waals surface area contributed by atoms with Gasteiger partial charge in [-0.2, -0.15) is 0 Å². The lowest BCUT2D eigenvalue weighted by Crippen LogP contribution is -2.04. The van der Waals surface area contributed by atoms with Crippen molar-refractivity contribution < 1.29 is 0 Å². The van der Waals surface area contributed by atoms with Crippen LogP contribution in [0.3, 0.4) is 0 Å². The van der Waals surface area contributed by atoms with Crippen LogP contribution in [0.25, 0.3) is 0 Å². The summed E-state index contributed by atoms with van der Waals surface area (Å²) in [7, 11) is 1.90. The molecule has 1 fully saturated rings. The van der Waals surface area contributed by atoms with Crippen LogP contribution in [0.4, 0.5) is 5.82 Å². The number of anilines is 1. The molecule has 0 spiro atoms. The molecule has 1 heterocycles. The van der Waals surface area contributed by atoms with Crippen molar-refractivity contribution in [2.45, 2.75) is 29.4 Å². The third kappa shape index (κ3) is 3.60. The Morgan fingerprint density at radius 3 is 2.67 bits per heavy atom. The predicted molar refractivity (Wildman–Crippen MR) is 95.0 cm³/mol. The van der Waals surface area contributed by atoms with Gasteiger partial charge < -0.3 is 5.32 Å². The van der Waals surface area contributed by atoms with Gasteiger partial charge in [0.2, 0.25) is 0 Å². The van der Waals surface area contributed by atoms with Crippen LogP contribution in [-0.2, 0) is 5.75 Å². The van der Waals surface area contributed by atoms with Gasteiger partial charge in [-0.3, -0.25) is 0 Å². The molecule has 0 radical (unpaired) electrons. The summed E-state index contributed by atoms with van der Waals surface area (Å²) >= 11 is 8.95. The van der Waals surface area contributed by atoms with Crippen LogP contribution in [0.2, 0.25) is 0 Å². The van der Waals surface area contributed by atoms with Crippen molar-refractivity contribution in [2.24, 2.45) is 0 Å². The van der Waals surface area contributed by atoms with Crippen LogP contribution >= 0.6 is 43.6 Å². The molecule has 3 nitrogen and oxygen atoms in total. The first-order valence-electron chi connectivity index (χ1n) is 6.80. The van der Waals surface area contributed by atoms with E-state index in [-0.39, 0.29) is 0 Å². The minimum Gasteiger partial charge on any atom is -0.372 e. The molecule has 1 aliphatic rings. The van der Waals surface area contributed by atoms with E-state index in [1.807, 2.05) is 19.2 Å². The van der Waals surface area contributed by atoms with Crippen molar-refractivity contribution in [1.82, 2.24) is 9.97 Å². The Kier molecular flexibility index (Phi) is 4.86. The SMILES string of the molecule is CNc1nc(CSc2ccccc2Br)nc(C2CC2)c1Br. The number of thioether (sulfide) groups is 1. The maximum atomic E-state index is 4.75. The van der Waals surface area contributed by atoms with E-state index in [9.17, 15) is 0 Å². The molecule has 1 aromatic carbocycles. The number of halogens is 2. The summed E-state index contributed by atoms with van der Waals surface area (Å²) in [6, 6.07) is 8.23. The molecule has 0 atom stereocenters. The second-order valence-electron chi connectivity index (χ2n) is 4.93. The lowest BCUT2D eigenvalue weighted by atomic mass is 10.2. The van der Waals surface area contributed by atoms with Gasteiger partial charge in [0, 0.05) is 22.3 Å². The highest BCUT2D eigenvalue weighted by Gasteiger charge is 2.29. The largest absolute Gasteiger partial charge is 0.372 e. The molecule has 2 aromatic rings. The Bertz CT molecular complexity index is 659. The lowest BCUT2D eigenvalue weighted by molar-refractivity contribution is 0.921. The van der Waals surface area contributed by atoms with Crippen molar-refractivity contribution >= 4 is 49.4 Å². The Morgan fingerprint density at radius 1 is 1.24 bits per heavy atom. The van der Waals surface area contributed by atoms with Crippen molar-refractivity contribution in [2.75, 3.05) is 12.4 Å². The van der Waals surface area contributed by atoms with E-state index in [1.165, 1.54) is 17.7 Å². The number of nitrogens with zero attached hydrogens (tertiary/aromatic N) is 2. The van der Waals surface area contributed by atoms with Gasteiger partial charge in [-0.1, -0.05) is 12.1 Å². The molecule has 3 rings (SSSR count). The fourth-order valence-electron chi connectivity index (χ4n) is 2.07. The molecule has 6 heteroatoms. The summed E-state index contributed by atoms with van der Waals surface area (Å²) in [5.41, 5.74) is 1.15. The summed E-state index contributed by atoms with van der Waals surface area (Å²) in [6.07, 6.45) is 2.46. The standard InChI is InChI=1S/C15H15Br2N3S/c1-18-15-13(17)14(9-6-7-9)19-12(20-15)8-21-11-5-3-2-4-10(11)16/h2-5,9H,6-8H2,1H3,(H,18,19,20). The number of hydrogen-bond acceptors (Lipinski definition) is 4. The number of aromatic nitrogens is 2.